The molecule has 1 heterocycles. The topological polar surface area (TPSA) is 79.0 Å². The number of ether oxygens (including phenoxy) is 1. The summed E-state index contributed by atoms with van der Waals surface area (Å²) in [5.41, 5.74) is 0.00247. The van der Waals surface area contributed by atoms with Gasteiger partial charge in [-0.15, -0.1) is 0 Å². The number of piperidine rings is 1. The van der Waals surface area contributed by atoms with Gasteiger partial charge in [-0.3, -0.25) is 14.5 Å². The van der Waals surface area contributed by atoms with Gasteiger partial charge in [-0.05, 0) is 51.0 Å². The van der Waals surface area contributed by atoms with Gasteiger partial charge >= 0.3 is 5.97 Å². The Morgan fingerprint density at radius 1 is 1.22 bits per heavy atom. The number of esters is 1. The SMILES string of the molecule is CCOC(=O)/C(C)=C/[C@H](C(C)C)N(C)C(=O)C(NC(=O)[C@H]1CC[C@@H](C)CN1C)C(C)(C)C. The van der Waals surface area contributed by atoms with Crippen LogP contribution in [0.1, 0.15) is 68.2 Å². The Labute approximate surface area is 194 Å². The van der Waals surface area contributed by atoms with Crippen molar-refractivity contribution in [2.45, 2.75) is 86.4 Å². The number of carbonyl (C=O) groups excluding carboxylic acids is 3. The Morgan fingerprint density at radius 2 is 1.81 bits per heavy atom. The monoisotopic (exact) mass is 451 g/mol. The molecule has 1 N–H and O–H groups in total. The molecule has 1 aliphatic rings. The highest BCUT2D eigenvalue weighted by atomic mass is 16.5. The van der Waals surface area contributed by atoms with Crippen molar-refractivity contribution >= 4 is 17.8 Å². The Balaban J connectivity index is 3.10. The van der Waals surface area contributed by atoms with Gasteiger partial charge in [0, 0.05) is 19.2 Å². The molecular weight excluding hydrogens is 406 g/mol. The molecule has 0 spiro atoms. The lowest BCUT2D eigenvalue weighted by molar-refractivity contribution is -0.142. The van der Waals surface area contributed by atoms with Gasteiger partial charge in [-0.1, -0.05) is 47.6 Å². The van der Waals surface area contributed by atoms with E-state index in [4.69, 9.17) is 4.74 Å². The number of nitrogens with zero attached hydrogens (tertiary/aromatic N) is 2. The van der Waals surface area contributed by atoms with Crippen molar-refractivity contribution in [3.05, 3.63) is 11.6 Å². The summed E-state index contributed by atoms with van der Waals surface area (Å²) in [5, 5.41) is 3.06. The van der Waals surface area contributed by atoms with Crippen LogP contribution >= 0.6 is 0 Å². The van der Waals surface area contributed by atoms with Crippen molar-refractivity contribution in [3.8, 4) is 0 Å². The van der Waals surface area contributed by atoms with E-state index in [0.29, 0.717) is 18.1 Å². The van der Waals surface area contributed by atoms with Crippen molar-refractivity contribution in [3.63, 3.8) is 0 Å². The zero-order chi connectivity index (χ0) is 24.8. The number of rotatable bonds is 8. The Bertz CT molecular complexity index is 696. The summed E-state index contributed by atoms with van der Waals surface area (Å²) in [6.07, 6.45) is 3.59. The van der Waals surface area contributed by atoms with Gasteiger partial charge in [-0.25, -0.2) is 4.79 Å². The maximum atomic E-state index is 13.6. The van der Waals surface area contributed by atoms with Crippen molar-refractivity contribution in [1.29, 1.82) is 0 Å². The molecule has 0 aromatic rings. The van der Waals surface area contributed by atoms with Crippen molar-refractivity contribution in [1.82, 2.24) is 15.1 Å². The molecule has 7 heteroatoms. The third-order valence-corrected chi connectivity index (χ3v) is 6.26. The molecule has 1 unspecified atom stereocenters. The van der Waals surface area contributed by atoms with Crippen LogP contribution < -0.4 is 5.32 Å². The molecule has 1 aliphatic heterocycles. The van der Waals surface area contributed by atoms with Gasteiger partial charge < -0.3 is 15.0 Å². The minimum absolute atomic E-state index is 0.0793. The van der Waals surface area contributed by atoms with E-state index in [1.807, 2.05) is 41.7 Å². The van der Waals surface area contributed by atoms with Gasteiger partial charge in [0.2, 0.25) is 11.8 Å². The molecule has 4 atom stereocenters. The molecule has 1 saturated heterocycles. The average Bonchev–Trinajstić information content (AvgIpc) is 2.67. The zero-order valence-electron chi connectivity index (χ0n) is 21.8. The highest BCUT2D eigenvalue weighted by molar-refractivity contribution is 5.91. The third-order valence-electron chi connectivity index (χ3n) is 6.26. The van der Waals surface area contributed by atoms with E-state index in [1.165, 1.54) is 0 Å². The Hall–Kier alpha value is -1.89. The second-order valence-electron chi connectivity index (χ2n) is 10.7. The quantitative estimate of drug-likeness (QED) is 0.453. The molecule has 184 valence electrons. The number of hydrogen-bond donors (Lipinski definition) is 1. The molecule has 0 radical (unpaired) electrons. The van der Waals surface area contributed by atoms with Gasteiger partial charge in [0.25, 0.3) is 0 Å². The highest BCUT2D eigenvalue weighted by Gasteiger charge is 2.39. The lowest BCUT2D eigenvalue weighted by atomic mass is 9.84. The van der Waals surface area contributed by atoms with Crippen LogP contribution in [-0.2, 0) is 19.1 Å². The van der Waals surface area contributed by atoms with Gasteiger partial charge in [0.05, 0.1) is 18.7 Å². The van der Waals surface area contributed by atoms with E-state index in [-0.39, 0.29) is 35.8 Å². The van der Waals surface area contributed by atoms with Crippen molar-refractivity contribution in [2.24, 2.45) is 17.3 Å². The maximum Gasteiger partial charge on any atom is 0.333 e. The first-order chi connectivity index (χ1) is 14.7. The van der Waals surface area contributed by atoms with Crippen LogP contribution in [-0.4, -0.2) is 73.0 Å². The van der Waals surface area contributed by atoms with Crippen molar-refractivity contribution < 1.29 is 19.1 Å². The zero-order valence-corrected chi connectivity index (χ0v) is 21.8. The lowest BCUT2D eigenvalue weighted by Crippen LogP contribution is -2.60. The van der Waals surface area contributed by atoms with Gasteiger partial charge in [0.15, 0.2) is 0 Å². The van der Waals surface area contributed by atoms with Crippen LogP contribution in [0.5, 0.6) is 0 Å². The number of amides is 2. The fourth-order valence-corrected chi connectivity index (χ4v) is 4.26. The number of likely N-dealkylation sites (N-methyl/N-ethyl adjacent to an activating group) is 2. The van der Waals surface area contributed by atoms with Crippen LogP contribution in [0.2, 0.25) is 0 Å². The average molecular weight is 452 g/mol. The summed E-state index contributed by atoms with van der Waals surface area (Å²) in [5.74, 6) is 0.00556. The number of carbonyl (C=O) groups is 3. The van der Waals surface area contributed by atoms with Gasteiger partial charge in [-0.2, -0.15) is 0 Å². The van der Waals surface area contributed by atoms with E-state index in [9.17, 15) is 14.4 Å². The fourth-order valence-electron chi connectivity index (χ4n) is 4.26. The van der Waals surface area contributed by atoms with Gasteiger partial charge in [0.1, 0.15) is 6.04 Å². The van der Waals surface area contributed by atoms with E-state index in [2.05, 4.69) is 17.1 Å². The molecule has 32 heavy (non-hydrogen) atoms. The minimum Gasteiger partial charge on any atom is -0.463 e. The molecule has 0 bridgehead atoms. The second kappa shape index (κ2) is 11.8. The maximum absolute atomic E-state index is 13.6. The molecule has 1 rings (SSSR count). The van der Waals surface area contributed by atoms with E-state index in [0.717, 1.165) is 19.4 Å². The molecule has 2 amide bonds. The predicted octanol–water partition coefficient (Wildman–Crippen LogP) is 3.24. The lowest BCUT2D eigenvalue weighted by Gasteiger charge is -2.40. The first-order valence-electron chi connectivity index (χ1n) is 11.8. The van der Waals surface area contributed by atoms with Crippen LogP contribution in [0.15, 0.2) is 11.6 Å². The summed E-state index contributed by atoms with van der Waals surface area (Å²) in [6.45, 7) is 16.7. The normalized spacial score (nSPS) is 22.3. The number of likely N-dealkylation sites (tertiary alicyclic amines) is 1. The number of nitrogens with one attached hydrogen (secondary N) is 1. The summed E-state index contributed by atoms with van der Waals surface area (Å²) in [7, 11) is 3.71. The van der Waals surface area contributed by atoms with Crippen LogP contribution in [0.25, 0.3) is 0 Å². The standard InChI is InChI=1S/C25H45N3O4/c1-11-32-24(31)18(5)14-20(16(2)3)28(10)23(30)21(25(6,7)8)26-22(29)19-13-12-17(4)15-27(19)9/h14,16-17,19-21H,11-13,15H2,1-10H3,(H,26,29)/b18-14+/t17-,19-,20-,21?/m1/s1. The second-order valence-corrected chi connectivity index (χ2v) is 10.7. The minimum atomic E-state index is -0.676. The molecular formula is C25H45N3O4. The van der Waals surface area contributed by atoms with E-state index < -0.39 is 11.5 Å². The predicted molar refractivity (Wildman–Crippen MR) is 128 cm³/mol. The summed E-state index contributed by atoms with van der Waals surface area (Å²) < 4.78 is 5.09. The summed E-state index contributed by atoms with van der Waals surface area (Å²) in [4.78, 5) is 42.6. The van der Waals surface area contributed by atoms with Crippen molar-refractivity contribution in [2.75, 3.05) is 27.2 Å². The first-order valence-corrected chi connectivity index (χ1v) is 11.8. The first kappa shape index (κ1) is 28.1. The third kappa shape index (κ3) is 7.61. The Kier molecular flexibility index (Phi) is 10.4. The number of hydrogen-bond acceptors (Lipinski definition) is 5. The molecule has 7 nitrogen and oxygen atoms in total. The largest absolute Gasteiger partial charge is 0.463 e. The fraction of sp³-hybridized carbons (Fsp3) is 0.800. The van der Waals surface area contributed by atoms with Crippen LogP contribution in [0.4, 0.5) is 0 Å². The van der Waals surface area contributed by atoms with Crippen LogP contribution in [0.3, 0.4) is 0 Å². The van der Waals surface area contributed by atoms with E-state index >= 15 is 0 Å². The summed E-state index contributed by atoms with van der Waals surface area (Å²) >= 11 is 0. The molecule has 1 fully saturated rings. The van der Waals surface area contributed by atoms with E-state index in [1.54, 1.807) is 31.9 Å². The highest BCUT2D eigenvalue weighted by Crippen LogP contribution is 2.25. The Morgan fingerprint density at radius 3 is 2.28 bits per heavy atom. The summed E-state index contributed by atoms with van der Waals surface area (Å²) in [6, 6.07) is -1.20. The smallest absolute Gasteiger partial charge is 0.333 e. The molecule has 0 saturated carbocycles. The molecule has 0 aliphatic carbocycles. The molecule has 0 aromatic carbocycles. The molecule has 0 aromatic heterocycles. The van der Waals surface area contributed by atoms with Crippen LogP contribution in [0, 0.1) is 17.3 Å².